The highest BCUT2D eigenvalue weighted by molar-refractivity contribution is 6.31. The first-order valence-electron chi connectivity index (χ1n) is 12.7. The van der Waals surface area contributed by atoms with Crippen LogP contribution in [0.4, 0.5) is 4.39 Å². The lowest BCUT2D eigenvalue weighted by Crippen LogP contribution is -2.28. The van der Waals surface area contributed by atoms with Crippen molar-refractivity contribution >= 4 is 11.6 Å². The number of ether oxygens (including phenoxy) is 1. The molecule has 5 nitrogen and oxygen atoms in total. The van der Waals surface area contributed by atoms with Gasteiger partial charge in [0.2, 0.25) is 0 Å². The summed E-state index contributed by atoms with van der Waals surface area (Å²) in [7, 11) is 2.17. The molecule has 35 heavy (non-hydrogen) atoms. The van der Waals surface area contributed by atoms with Crippen LogP contribution >= 0.6 is 11.6 Å². The van der Waals surface area contributed by atoms with Crippen molar-refractivity contribution in [3.05, 3.63) is 75.7 Å². The van der Waals surface area contributed by atoms with Crippen LogP contribution in [0.25, 0.3) is 11.3 Å². The second kappa shape index (κ2) is 11.2. The van der Waals surface area contributed by atoms with E-state index in [1.807, 2.05) is 6.07 Å². The lowest BCUT2D eigenvalue weighted by Gasteiger charge is -2.24. The normalized spacial score (nSPS) is 16.7. The Morgan fingerprint density at radius 1 is 1.00 bits per heavy atom. The first-order valence-corrected chi connectivity index (χ1v) is 13.0. The summed E-state index contributed by atoms with van der Waals surface area (Å²) in [4.78, 5) is 4.94. The molecule has 186 valence electrons. The smallest absolute Gasteiger partial charge is 0.123 e. The molecule has 1 saturated heterocycles. The molecule has 1 fully saturated rings. The molecule has 0 atom stereocenters. The number of likely N-dealkylation sites (N-methyl/N-ethyl adjacent to an activating group) is 1. The Bertz CT molecular complexity index is 1140. The molecule has 0 spiro atoms. The lowest BCUT2D eigenvalue weighted by molar-refractivity contribution is 0.107. The summed E-state index contributed by atoms with van der Waals surface area (Å²) in [5, 5.41) is 5.80. The first-order chi connectivity index (χ1) is 17.1. The third kappa shape index (κ3) is 5.95. The van der Waals surface area contributed by atoms with Crippen molar-refractivity contribution < 1.29 is 9.13 Å². The van der Waals surface area contributed by atoms with Crippen LogP contribution in [-0.4, -0.2) is 52.8 Å². The van der Waals surface area contributed by atoms with Gasteiger partial charge in [-0.2, -0.15) is 5.10 Å². The van der Waals surface area contributed by atoms with Crippen molar-refractivity contribution in [3.8, 4) is 11.3 Å². The van der Waals surface area contributed by atoms with Gasteiger partial charge in [0, 0.05) is 47.9 Å². The van der Waals surface area contributed by atoms with Gasteiger partial charge in [-0.05, 0) is 81.3 Å². The predicted molar refractivity (Wildman–Crippen MR) is 138 cm³/mol. The number of hydrogen-bond donors (Lipinski definition) is 0. The van der Waals surface area contributed by atoms with E-state index in [2.05, 4.69) is 33.7 Å². The van der Waals surface area contributed by atoms with E-state index in [1.54, 1.807) is 12.1 Å². The zero-order valence-corrected chi connectivity index (χ0v) is 21.2. The van der Waals surface area contributed by atoms with E-state index in [0.717, 1.165) is 61.4 Å². The standard InChI is InChI=1S/C28H34ClFN4O/c1-32-16-11-27-25(18-32)28(31-34(27)15-4-14-33-12-2-3-13-33)22-7-10-26(29)23(17-22)20-35-19-21-5-8-24(30)9-6-21/h5-10,17H,2-4,11-16,18-20H2,1H3. The van der Waals surface area contributed by atoms with Gasteiger partial charge < -0.3 is 14.5 Å². The minimum Gasteiger partial charge on any atom is -0.372 e. The van der Waals surface area contributed by atoms with Crippen LogP contribution in [0, 0.1) is 5.82 Å². The molecule has 0 aliphatic carbocycles. The molecule has 2 aliphatic heterocycles. The number of rotatable bonds is 9. The summed E-state index contributed by atoms with van der Waals surface area (Å²) in [6.07, 6.45) is 4.83. The van der Waals surface area contributed by atoms with Gasteiger partial charge in [-0.15, -0.1) is 0 Å². The Balaban J connectivity index is 1.32. The highest BCUT2D eigenvalue weighted by Gasteiger charge is 2.24. The summed E-state index contributed by atoms with van der Waals surface area (Å²) in [5.41, 5.74) is 6.73. The largest absolute Gasteiger partial charge is 0.372 e. The third-order valence-corrected chi connectivity index (χ3v) is 7.50. The highest BCUT2D eigenvalue weighted by Crippen LogP contribution is 2.32. The molecule has 0 radical (unpaired) electrons. The van der Waals surface area contributed by atoms with E-state index in [4.69, 9.17) is 21.4 Å². The van der Waals surface area contributed by atoms with E-state index >= 15 is 0 Å². The Morgan fingerprint density at radius 3 is 2.60 bits per heavy atom. The van der Waals surface area contributed by atoms with Gasteiger partial charge in [0.05, 0.1) is 18.9 Å². The molecule has 3 aromatic rings. The zero-order valence-electron chi connectivity index (χ0n) is 20.5. The fraction of sp³-hybridized carbons (Fsp3) is 0.464. The van der Waals surface area contributed by atoms with Gasteiger partial charge in [0.25, 0.3) is 0 Å². The van der Waals surface area contributed by atoms with E-state index in [-0.39, 0.29) is 5.82 Å². The van der Waals surface area contributed by atoms with Crippen LogP contribution in [0.2, 0.25) is 5.02 Å². The lowest BCUT2D eigenvalue weighted by atomic mass is 10.00. The van der Waals surface area contributed by atoms with Crippen molar-refractivity contribution in [2.24, 2.45) is 0 Å². The van der Waals surface area contributed by atoms with Crippen LogP contribution in [0.1, 0.15) is 41.6 Å². The van der Waals surface area contributed by atoms with Crippen LogP contribution in [0.5, 0.6) is 0 Å². The summed E-state index contributed by atoms with van der Waals surface area (Å²) in [6, 6.07) is 12.5. The average Bonchev–Trinajstić information content (AvgIpc) is 3.50. The number of hydrogen-bond acceptors (Lipinski definition) is 4. The SMILES string of the molecule is CN1CCc2c(c(-c3ccc(Cl)c(COCc4ccc(F)cc4)c3)nn2CCCN2CCCC2)C1. The number of aromatic nitrogens is 2. The minimum atomic E-state index is -0.242. The van der Waals surface area contributed by atoms with Gasteiger partial charge in [-0.1, -0.05) is 29.8 Å². The van der Waals surface area contributed by atoms with Crippen molar-refractivity contribution in [2.45, 2.75) is 52.0 Å². The summed E-state index contributed by atoms with van der Waals surface area (Å²) in [6.45, 7) is 7.37. The van der Waals surface area contributed by atoms with Gasteiger partial charge in [-0.25, -0.2) is 4.39 Å². The number of likely N-dealkylation sites (tertiary alicyclic amines) is 1. The molecule has 0 unspecified atom stereocenters. The number of fused-ring (bicyclic) bond motifs is 1. The Kier molecular flexibility index (Phi) is 7.83. The Labute approximate surface area is 212 Å². The molecule has 0 amide bonds. The second-order valence-electron chi connectivity index (χ2n) is 9.81. The summed E-state index contributed by atoms with van der Waals surface area (Å²) < 4.78 is 21.3. The maximum atomic E-state index is 13.1. The van der Waals surface area contributed by atoms with Crippen LogP contribution in [0.3, 0.4) is 0 Å². The zero-order chi connectivity index (χ0) is 24.2. The predicted octanol–water partition coefficient (Wildman–Crippen LogP) is 5.53. The minimum absolute atomic E-state index is 0.242. The monoisotopic (exact) mass is 496 g/mol. The van der Waals surface area contributed by atoms with Gasteiger partial charge in [0.1, 0.15) is 5.82 Å². The number of benzene rings is 2. The maximum Gasteiger partial charge on any atom is 0.123 e. The topological polar surface area (TPSA) is 33.5 Å². The molecule has 3 heterocycles. The maximum absolute atomic E-state index is 13.1. The molecule has 0 saturated carbocycles. The van der Waals surface area contributed by atoms with Gasteiger partial charge >= 0.3 is 0 Å². The fourth-order valence-electron chi connectivity index (χ4n) is 5.19. The molecular formula is C28H34ClFN4O. The molecule has 2 aliphatic rings. The molecular weight excluding hydrogens is 463 g/mol. The van der Waals surface area contributed by atoms with Crippen LogP contribution in [0.15, 0.2) is 42.5 Å². The molecule has 7 heteroatoms. The van der Waals surface area contributed by atoms with Crippen molar-refractivity contribution in [1.29, 1.82) is 0 Å². The van der Waals surface area contributed by atoms with E-state index in [1.165, 1.54) is 49.3 Å². The fourth-order valence-corrected chi connectivity index (χ4v) is 5.36. The van der Waals surface area contributed by atoms with E-state index in [0.29, 0.717) is 18.2 Å². The average molecular weight is 497 g/mol. The van der Waals surface area contributed by atoms with Crippen LogP contribution < -0.4 is 0 Å². The number of nitrogens with zero attached hydrogens (tertiary/aromatic N) is 4. The number of aryl methyl sites for hydroxylation is 1. The van der Waals surface area contributed by atoms with E-state index in [9.17, 15) is 4.39 Å². The van der Waals surface area contributed by atoms with Gasteiger partial charge in [-0.3, -0.25) is 4.68 Å². The first kappa shape index (κ1) is 24.4. The Morgan fingerprint density at radius 2 is 1.80 bits per heavy atom. The third-order valence-electron chi connectivity index (χ3n) is 7.13. The quantitative estimate of drug-likeness (QED) is 0.390. The Hall–Kier alpha value is -2.25. The van der Waals surface area contributed by atoms with E-state index < -0.39 is 0 Å². The summed E-state index contributed by atoms with van der Waals surface area (Å²) in [5.74, 6) is -0.242. The summed E-state index contributed by atoms with van der Waals surface area (Å²) >= 11 is 6.52. The van der Waals surface area contributed by atoms with Crippen molar-refractivity contribution in [2.75, 3.05) is 33.2 Å². The number of halogens is 2. The molecule has 0 N–H and O–H groups in total. The molecule has 5 rings (SSSR count). The van der Waals surface area contributed by atoms with Crippen molar-refractivity contribution in [3.63, 3.8) is 0 Å². The molecule has 2 aromatic carbocycles. The second-order valence-corrected chi connectivity index (χ2v) is 10.2. The van der Waals surface area contributed by atoms with Crippen molar-refractivity contribution in [1.82, 2.24) is 19.6 Å². The van der Waals surface area contributed by atoms with Crippen LogP contribution in [-0.2, 0) is 37.5 Å². The highest BCUT2D eigenvalue weighted by atomic mass is 35.5. The molecule has 0 bridgehead atoms. The van der Waals surface area contributed by atoms with Gasteiger partial charge in [0.15, 0.2) is 0 Å². The molecule has 1 aromatic heterocycles.